The largest absolute Gasteiger partial charge is 0.868 e. The highest BCUT2D eigenvalue weighted by Crippen LogP contribution is 2.25. The smallest absolute Gasteiger partial charge is 0.200 e. The van der Waals surface area contributed by atoms with Crippen molar-refractivity contribution in [1.29, 1.82) is 0 Å². The van der Waals surface area contributed by atoms with Crippen LogP contribution >= 0.6 is 0 Å². The first-order chi connectivity index (χ1) is 15.7. The Hall–Kier alpha value is -1.37. The minimum atomic E-state index is -2.33. The molecule has 0 unspecified atom stereocenters. The second kappa shape index (κ2) is 18.0. The Kier molecular flexibility index (Phi) is 17.3. The molecule has 1 aromatic carbocycles. The van der Waals surface area contributed by atoms with Crippen molar-refractivity contribution in [3.63, 3.8) is 0 Å². The van der Waals surface area contributed by atoms with Crippen LogP contribution in [0.3, 0.4) is 0 Å². The zero-order chi connectivity index (χ0) is 25.3. The molecule has 0 atom stereocenters. The molecular formula is C26H44F5NO. The number of nitrogens with zero attached hydrogens (tertiary/aromatic N) is 1. The van der Waals surface area contributed by atoms with Gasteiger partial charge in [-0.3, -0.25) is 0 Å². The van der Waals surface area contributed by atoms with Crippen LogP contribution in [0.4, 0.5) is 22.0 Å². The van der Waals surface area contributed by atoms with Gasteiger partial charge in [0, 0.05) is 0 Å². The van der Waals surface area contributed by atoms with Crippen LogP contribution in [0, 0.1) is 29.1 Å². The molecule has 0 aliphatic rings. The Morgan fingerprint density at radius 2 is 0.758 bits per heavy atom. The van der Waals surface area contributed by atoms with E-state index in [9.17, 15) is 27.1 Å². The number of rotatable bonds is 16. The number of hydrogen-bond acceptors (Lipinski definition) is 1. The third-order valence-corrected chi connectivity index (χ3v) is 6.11. The van der Waals surface area contributed by atoms with Gasteiger partial charge in [0.1, 0.15) is 0 Å². The van der Waals surface area contributed by atoms with Crippen molar-refractivity contribution in [2.75, 3.05) is 26.2 Å². The van der Waals surface area contributed by atoms with Gasteiger partial charge in [0.25, 0.3) is 0 Å². The van der Waals surface area contributed by atoms with Crippen LogP contribution in [-0.2, 0) is 0 Å². The van der Waals surface area contributed by atoms with Crippen molar-refractivity contribution in [2.45, 2.75) is 105 Å². The van der Waals surface area contributed by atoms with Gasteiger partial charge in [-0.15, -0.1) is 0 Å². The van der Waals surface area contributed by atoms with Crippen LogP contribution in [0.5, 0.6) is 5.75 Å². The fourth-order valence-corrected chi connectivity index (χ4v) is 3.96. The van der Waals surface area contributed by atoms with E-state index < -0.39 is 34.8 Å². The highest BCUT2D eigenvalue weighted by atomic mass is 19.2. The molecule has 0 N–H and O–H groups in total. The molecule has 0 aliphatic carbocycles. The molecule has 0 saturated heterocycles. The van der Waals surface area contributed by atoms with Gasteiger partial charge in [-0.25, -0.2) is 22.0 Å². The summed E-state index contributed by atoms with van der Waals surface area (Å²) >= 11 is 0. The number of unbranched alkanes of at least 4 members (excludes halogenated alkanes) is 8. The zero-order valence-electron chi connectivity index (χ0n) is 21.1. The van der Waals surface area contributed by atoms with Gasteiger partial charge < -0.3 is 9.59 Å². The molecule has 0 aliphatic heterocycles. The van der Waals surface area contributed by atoms with Crippen LogP contribution < -0.4 is 5.11 Å². The maximum Gasteiger partial charge on any atom is 0.200 e. The Morgan fingerprint density at radius 3 is 1.15 bits per heavy atom. The molecule has 33 heavy (non-hydrogen) atoms. The van der Waals surface area contributed by atoms with E-state index in [4.69, 9.17) is 0 Å². The predicted molar refractivity (Wildman–Crippen MR) is 124 cm³/mol. The van der Waals surface area contributed by atoms with E-state index in [0.29, 0.717) is 0 Å². The van der Waals surface area contributed by atoms with Crippen LogP contribution in [-0.4, -0.2) is 30.7 Å². The first-order valence-corrected chi connectivity index (χ1v) is 12.7. The summed E-state index contributed by atoms with van der Waals surface area (Å²) in [4.78, 5) is 0. The zero-order valence-corrected chi connectivity index (χ0v) is 21.1. The molecule has 1 rings (SSSR count). The number of hydrogen-bond donors (Lipinski definition) is 0. The maximum atomic E-state index is 12.1. The molecule has 1 aromatic rings. The quantitative estimate of drug-likeness (QED) is 0.0771. The topological polar surface area (TPSA) is 23.1 Å². The Morgan fingerprint density at radius 1 is 0.455 bits per heavy atom. The van der Waals surface area contributed by atoms with Gasteiger partial charge in [0.2, 0.25) is 0 Å². The van der Waals surface area contributed by atoms with Gasteiger partial charge in [-0.05, 0) is 37.9 Å². The lowest BCUT2D eigenvalue weighted by atomic mass is 10.1. The van der Waals surface area contributed by atoms with Gasteiger partial charge in [0.15, 0.2) is 29.1 Å². The summed E-state index contributed by atoms with van der Waals surface area (Å²) in [5, 5.41) is 10.2. The first-order valence-electron chi connectivity index (χ1n) is 12.7. The van der Waals surface area contributed by atoms with Crippen LogP contribution in [0.15, 0.2) is 0 Å². The third kappa shape index (κ3) is 11.5. The van der Waals surface area contributed by atoms with Gasteiger partial charge in [-0.1, -0.05) is 72.6 Å². The van der Waals surface area contributed by atoms with E-state index in [1.54, 1.807) is 0 Å². The molecule has 0 bridgehead atoms. The summed E-state index contributed by atoms with van der Waals surface area (Å²) in [6, 6.07) is 0. The van der Waals surface area contributed by atoms with Gasteiger partial charge in [0.05, 0.1) is 26.2 Å². The average molecular weight is 482 g/mol. The van der Waals surface area contributed by atoms with Crippen molar-refractivity contribution in [2.24, 2.45) is 0 Å². The molecule has 0 aromatic heterocycles. The summed E-state index contributed by atoms with van der Waals surface area (Å²) in [5.41, 5.74) is 0. The van der Waals surface area contributed by atoms with E-state index in [-0.39, 0.29) is 0 Å². The Bertz CT molecular complexity index is 527. The lowest BCUT2D eigenvalue weighted by Gasteiger charge is -2.39. The van der Waals surface area contributed by atoms with Crippen LogP contribution in [0.25, 0.3) is 0 Å². The fourth-order valence-electron chi connectivity index (χ4n) is 3.96. The van der Waals surface area contributed by atoms with E-state index in [1.807, 2.05) is 0 Å². The van der Waals surface area contributed by atoms with E-state index in [1.165, 1.54) is 108 Å². The SMILES string of the molecule is CCCCCCCC[N+](CCCC)(CCCC)CCCC.[O-]c1c(F)c(F)c(F)c(F)c1F. The summed E-state index contributed by atoms with van der Waals surface area (Å²) in [5.74, 6) is -13.6. The van der Waals surface area contributed by atoms with Crippen molar-refractivity contribution in [3.8, 4) is 5.75 Å². The Balaban J connectivity index is 0.000000716. The lowest BCUT2D eigenvalue weighted by Crippen LogP contribution is -2.50. The second-order valence-corrected chi connectivity index (χ2v) is 8.96. The lowest BCUT2D eigenvalue weighted by molar-refractivity contribution is -0.929. The molecule has 0 heterocycles. The van der Waals surface area contributed by atoms with Gasteiger partial charge in [-0.2, -0.15) is 0 Å². The molecule has 0 radical (unpaired) electrons. The fraction of sp³-hybridized carbons (Fsp3) is 0.769. The second-order valence-electron chi connectivity index (χ2n) is 8.96. The molecule has 0 amide bonds. The third-order valence-electron chi connectivity index (χ3n) is 6.11. The standard InChI is InChI=1S/C20H44N.C6HF5O/c1-5-9-13-14-15-16-20-21(17-10-6-2,18-11-7-3)19-12-8-4;7-1-2(8)4(10)6(12)5(11)3(1)9/h5-20H2,1-4H3;12H/q+1;/p-1. The van der Waals surface area contributed by atoms with Crippen molar-refractivity contribution in [1.82, 2.24) is 0 Å². The number of halogens is 5. The number of quaternary nitrogens is 1. The maximum absolute atomic E-state index is 12.1. The molecule has 0 fully saturated rings. The van der Waals surface area contributed by atoms with Gasteiger partial charge >= 0.3 is 0 Å². The van der Waals surface area contributed by atoms with E-state index in [2.05, 4.69) is 27.7 Å². The minimum absolute atomic E-state index is 1.36. The summed E-state index contributed by atoms with van der Waals surface area (Å²) in [6.07, 6.45) is 17.0. The van der Waals surface area contributed by atoms with Crippen molar-refractivity contribution >= 4 is 0 Å². The molecule has 2 nitrogen and oxygen atoms in total. The minimum Gasteiger partial charge on any atom is -0.868 e. The average Bonchev–Trinajstić information content (AvgIpc) is 2.83. The predicted octanol–water partition coefficient (Wildman–Crippen LogP) is 8.02. The first kappa shape index (κ1) is 31.6. The molecule has 0 saturated carbocycles. The summed E-state index contributed by atoms with van der Waals surface area (Å²) in [6.45, 7) is 15.1. The Labute approximate surface area is 197 Å². The van der Waals surface area contributed by atoms with Crippen LogP contribution in [0.1, 0.15) is 105 Å². The van der Waals surface area contributed by atoms with Crippen LogP contribution in [0.2, 0.25) is 0 Å². The normalized spacial score (nSPS) is 11.4. The van der Waals surface area contributed by atoms with Crippen molar-refractivity contribution < 1.29 is 31.5 Å². The summed E-state index contributed by atoms with van der Waals surface area (Å²) < 4.78 is 61.8. The van der Waals surface area contributed by atoms with E-state index in [0.717, 1.165) is 0 Å². The number of benzene rings is 1. The molecular weight excluding hydrogens is 437 g/mol. The molecule has 194 valence electrons. The molecule has 7 heteroatoms. The highest BCUT2D eigenvalue weighted by molar-refractivity contribution is 5.26. The van der Waals surface area contributed by atoms with Crippen molar-refractivity contribution in [3.05, 3.63) is 29.1 Å². The molecule has 0 spiro atoms. The van der Waals surface area contributed by atoms with E-state index >= 15 is 0 Å². The monoisotopic (exact) mass is 481 g/mol. The highest BCUT2D eigenvalue weighted by Gasteiger charge is 2.25. The summed E-state index contributed by atoms with van der Waals surface area (Å²) in [7, 11) is 0.